The number of fused-ring (bicyclic) bond motifs is 3. The zero-order chi connectivity index (χ0) is 21.9. The zero-order valence-electron chi connectivity index (χ0n) is 17.1. The lowest BCUT2D eigenvalue weighted by Crippen LogP contribution is -2.26. The van der Waals surface area contributed by atoms with E-state index in [4.69, 9.17) is 9.72 Å². The van der Waals surface area contributed by atoms with Gasteiger partial charge >= 0.3 is 0 Å². The summed E-state index contributed by atoms with van der Waals surface area (Å²) < 4.78 is 6.11. The molecule has 3 aromatic heterocycles. The Balaban J connectivity index is 1.50. The van der Waals surface area contributed by atoms with Crippen molar-refractivity contribution in [2.75, 3.05) is 25.6 Å². The van der Waals surface area contributed by atoms with Gasteiger partial charge in [-0.25, -0.2) is 4.98 Å². The number of thiophene rings is 1. The third-order valence-corrected chi connectivity index (χ3v) is 5.93. The smallest absolute Gasteiger partial charge is 0.251 e. The number of carbonyl (C=O) groups is 1. The molecule has 0 saturated heterocycles. The summed E-state index contributed by atoms with van der Waals surface area (Å²) in [7, 11) is 1.60. The fraction of sp³-hybridized carbons (Fsp3) is 0.136. The number of anilines is 2. The molecule has 0 aliphatic heterocycles. The number of nitrogens with one attached hydrogen (secondary N) is 3. The Hall–Kier alpha value is -3.89. The number of hydrogen-bond donors (Lipinski definition) is 3. The van der Waals surface area contributed by atoms with Crippen LogP contribution >= 0.6 is 11.3 Å². The highest BCUT2D eigenvalue weighted by Crippen LogP contribution is 2.36. The van der Waals surface area contributed by atoms with Gasteiger partial charge in [-0.1, -0.05) is 18.2 Å². The molecule has 0 aliphatic carbocycles. The molecule has 3 heterocycles. The summed E-state index contributed by atoms with van der Waals surface area (Å²) in [6, 6.07) is 15.3. The second-order valence-electron chi connectivity index (χ2n) is 7.05. The molecule has 5 aromatic rings. The lowest BCUT2D eigenvalue weighted by atomic mass is 10.1. The normalized spacial score (nSPS) is 11.2. The van der Waals surface area contributed by atoms with E-state index in [0.29, 0.717) is 24.5 Å². The Morgan fingerprint density at radius 1 is 1.16 bits per heavy atom. The number of benzene rings is 2. The van der Waals surface area contributed by atoms with E-state index in [1.807, 2.05) is 47.8 Å². The fourth-order valence-corrected chi connectivity index (χ4v) is 4.39. The first kappa shape index (κ1) is 20.0. The summed E-state index contributed by atoms with van der Waals surface area (Å²) in [5.41, 5.74) is 2.99. The second-order valence-corrected chi connectivity index (χ2v) is 7.96. The summed E-state index contributed by atoms with van der Waals surface area (Å²) in [5, 5.41) is 24.6. The number of rotatable bonds is 7. The Morgan fingerprint density at radius 3 is 2.94 bits per heavy atom. The number of hydrogen-bond acceptors (Lipinski definition) is 8. The molecule has 0 saturated carbocycles. The highest BCUT2D eigenvalue weighted by atomic mass is 32.1. The van der Waals surface area contributed by atoms with Gasteiger partial charge in [-0.05, 0) is 40.9 Å². The molecule has 160 valence electrons. The van der Waals surface area contributed by atoms with Crippen molar-refractivity contribution in [2.45, 2.75) is 0 Å². The van der Waals surface area contributed by atoms with Gasteiger partial charge in [0, 0.05) is 45.9 Å². The summed E-state index contributed by atoms with van der Waals surface area (Å²) in [6.45, 7) is 0.921. The molecule has 5 rings (SSSR count). The van der Waals surface area contributed by atoms with Crippen molar-refractivity contribution in [1.82, 2.24) is 30.9 Å². The molecule has 0 aliphatic rings. The van der Waals surface area contributed by atoms with Crippen molar-refractivity contribution in [1.29, 1.82) is 0 Å². The van der Waals surface area contributed by atoms with E-state index in [2.05, 4.69) is 31.3 Å². The number of pyridine rings is 1. The fourth-order valence-electron chi connectivity index (χ4n) is 3.46. The molecule has 0 atom stereocenters. The topological polar surface area (TPSA) is 118 Å². The van der Waals surface area contributed by atoms with Crippen LogP contribution in [0.1, 0.15) is 10.4 Å². The van der Waals surface area contributed by atoms with Gasteiger partial charge in [-0.3, -0.25) is 4.79 Å². The van der Waals surface area contributed by atoms with Crippen LogP contribution in [0, 0.1) is 0 Å². The van der Waals surface area contributed by atoms with E-state index in [-0.39, 0.29) is 5.91 Å². The molecule has 0 spiro atoms. The van der Waals surface area contributed by atoms with Gasteiger partial charge < -0.3 is 15.4 Å². The van der Waals surface area contributed by atoms with Crippen LogP contribution in [0.15, 0.2) is 53.9 Å². The highest BCUT2D eigenvalue weighted by molar-refractivity contribution is 7.18. The van der Waals surface area contributed by atoms with Crippen molar-refractivity contribution in [3.63, 3.8) is 0 Å². The molecule has 0 bridgehead atoms. The van der Waals surface area contributed by atoms with Crippen LogP contribution in [-0.4, -0.2) is 51.8 Å². The highest BCUT2D eigenvalue weighted by Gasteiger charge is 2.13. The summed E-state index contributed by atoms with van der Waals surface area (Å²) >= 11 is 1.66. The Morgan fingerprint density at radius 2 is 2.09 bits per heavy atom. The lowest BCUT2D eigenvalue weighted by molar-refractivity contribution is 0.0937. The van der Waals surface area contributed by atoms with Crippen molar-refractivity contribution in [3.8, 4) is 11.4 Å². The molecule has 0 fully saturated rings. The molecule has 32 heavy (non-hydrogen) atoms. The first-order chi connectivity index (χ1) is 15.7. The lowest BCUT2D eigenvalue weighted by Gasteiger charge is -2.11. The van der Waals surface area contributed by atoms with Crippen molar-refractivity contribution in [3.05, 3.63) is 59.5 Å². The van der Waals surface area contributed by atoms with Gasteiger partial charge in [0.2, 0.25) is 5.82 Å². The van der Waals surface area contributed by atoms with E-state index in [1.54, 1.807) is 24.5 Å². The number of amides is 1. The quantitative estimate of drug-likeness (QED) is 0.327. The van der Waals surface area contributed by atoms with Crippen molar-refractivity contribution in [2.24, 2.45) is 0 Å². The van der Waals surface area contributed by atoms with Gasteiger partial charge in [0.1, 0.15) is 5.82 Å². The summed E-state index contributed by atoms with van der Waals surface area (Å²) in [6.07, 6.45) is 0. The molecule has 2 aromatic carbocycles. The predicted molar refractivity (Wildman–Crippen MR) is 124 cm³/mol. The number of carbonyl (C=O) groups excluding carboxylic acids is 1. The molecular formula is C22H19N7O2S. The Kier molecular flexibility index (Phi) is 5.44. The van der Waals surface area contributed by atoms with Crippen LogP contribution in [0.25, 0.3) is 32.4 Å². The Labute approximate surface area is 186 Å². The number of methoxy groups -OCH3 is 1. The molecule has 1 amide bonds. The first-order valence-corrected chi connectivity index (χ1v) is 10.8. The monoisotopic (exact) mass is 445 g/mol. The van der Waals surface area contributed by atoms with Crippen LogP contribution in [0.2, 0.25) is 0 Å². The minimum absolute atomic E-state index is 0.150. The van der Waals surface area contributed by atoms with E-state index in [0.717, 1.165) is 38.1 Å². The molecule has 9 nitrogen and oxygen atoms in total. The second kappa shape index (κ2) is 8.69. The standard InChI is InChI=1S/C22H19N7O2S/c1-31-9-8-23-22(30)14-3-2-4-15(11-14)24-21-17-7-10-32-19(17)16-6-5-13(12-18(16)25-21)20-26-28-29-27-20/h2-7,10-12H,8-9H2,1H3,(H,23,30)(H,24,25)(H,26,27,28,29). The molecule has 0 radical (unpaired) electrons. The van der Waals surface area contributed by atoms with Gasteiger partial charge in [-0.15, -0.1) is 21.5 Å². The number of tetrazole rings is 1. The molecule has 10 heteroatoms. The van der Waals surface area contributed by atoms with Crippen LogP contribution < -0.4 is 10.6 Å². The maximum atomic E-state index is 12.4. The molecule has 0 unspecified atom stereocenters. The van der Waals surface area contributed by atoms with Crippen LogP contribution in [0.4, 0.5) is 11.5 Å². The molecule has 3 N–H and O–H groups in total. The van der Waals surface area contributed by atoms with Crippen LogP contribution in [0.3, 0.4) is 0 Å². The maximum absolute atomic E-state index is 12.4. The predicted octanol–water partition coefficient (Wildman–Crippen LogP) is 3.75. The van der Waals surface area contributed by atoms with Crippen molar-refractivity contribution < 1.29 is 9.53 Å². The number of aromatic amines is 1. The van der Waals surface area contributed by atoms with Crippen LogP contribution in [0.5, 0.6) is 0 Å². The van der Waals surface area contributed by atoms with Gasteiger partial charge in [0.25, 0.3) is 5.91 Å². The molecular weight excluding hydrogens is 426 g/mol. The average Bonchev–Trinajstić information content (AvgIpc) is 3.52. The number of ether oxygens (including phenoxy) is 1. The largest absolute Gasteiger partial charge is 0.383 e. The minimum Gasteiger partial charge on any atom is -0.383 e. The van der Waals surface area contributed by atoms with Crippen LogP contribution in [-0.2, 0) is 4.74 Å². The van der Waals surface area contributed by atoms with Gasteiger partial charge in [0.15, 0.2) is 0 Å². The summed E-state index contributed by atoms with van der Waals surface area (Å²) in [4.78, 5) is 17.3. The number of aromatic nitrogens is 5. The summed E-state index contributed by atoms with van der Waals surface area (Å²) in [5.74, 6) is 1.08. The van der Waals surface area contributed by atoms with Gasteiger partial charge in [0.05, 0.1) is 12.1 Å². The van der Waals surface area contributed by atoms with E-state index in [1.165, 1.54) is 0 Å². The van der Waals surface area contributed by atoms with Crippen molar-refractivity contribution >= 4 is 49.7 Å². The van der Waals surface area contributed by atoms with E-state index >= 15 is 0 Å². The minimum atomic E-state index is -0.150. The maximum Gasteiger partial charge on any atom is 0.251 e. The average molecular weight is 446 g/mol. The SMILES string of the molecule is COCCNC(=O)c1cccc(Nc2nc3cc(-c4nn[nH]n4)ccc3c3sccc23)c1. The number of nitrogens with zero attached hydrogens (tertiary/aromatic N) is 4. The third kappa shape index (κ3) is 3.88. The Bertz CT molecular complexity index is 1400. The van der Waals surface area contributed by atoms with E-state index in [9.17, 15) is 4.79 Å². The van der Waals surface area contributed by atoms with Gasteiger partial charge in [-0.2, -0.15) is 5.21 Å². The third-order valence-electron chi connectivity index (χ3n) is 4.98. The van der Waals surface area contributed by atoms with E-state index < -0.39 is 0 Å². The first-order valence-electron chi connectivity index (χ1n) is 9.92. The zero-order valence-corrected chi connectivity index (χ0v) is 17.9. The number of H-pyrrole nitrogens is 1.